The second kappa shape index (κ2) is 5.09. The molecule has 0 fully saturated rings. The van der Waals surface area contributed by atoms with Crippen LogP contribution in [0.25, 0.3) is 0 Å². The Labute approximate surface area is 77.5 Å². The molecule has 1 aromatic rings. The Bertz CT molecular complexity index is 282. The second-order valence-corrected chi connectivity index (χ2v) is 2.60. The van der Waals surface area contributed by atoms with E-state index < -0.39 is 0 Å². The summed E-state index contributed by atoms with van der Waals surface area (Å²) in [5.74, 6) is -0.131. The highest BCUT2D eigenvalue weighted by Crippen LogP contribution is 1.95. The number of pyridine rings is 1. The van der Waals surface area contributed by atoms with Gasteiger partial charge in [0.25, 0.3) is 0 Å². The summed E-state index contributed by atoms with van der Waals surface area (Å²) in [7, 11) is 0. The third-order valence-electron chi connectivity index (χ3n) is 1.65. The van der Waals surface area contributed by atoms with E-state index in [1.54, 1.807) is 12.4 Å². The molecule has 0 bridgehead atoms. The van der Waals surface area contributed by atoms with Crippen molar-refractivity contribution in [2.24, 2.45) is 0 Å². The molecule has 3 heteroatoms. The molecule has 3 nitrogen and oxygen atoms in total. The summed E-state index contributed by atoms with van der Waals surface area (Å²) >= 11 is 0. The molecule has 1 amide bonds. The van der Waals surface area contributed by atoms with Crippen molar-refractivity contribution in [2.45, 2.75) is 6.42 Å². The van der Waals surface area contributed by atoms with Gasteiger partial charge in [0.1, 0.15) is 0 Å². The van der Waals surface area contributed by atoms with E-state index >= 15 is 0 Å². The summed E-state index contributed by atoms with van der Waals surface area (Å²) in [6, 6.07) is 3.86. The fraction of sp³-hybridized carbons (Fsp3) is 0.200. The molecule has 0 radical (unpaired) electrons. The molecule has 68 valence electrons. The quantitative estimate of drug-likeness (QED) is 0.693. The van der Waals surface area contributed by atoms with Crippen LogP contribution < -0.4 is 5.32 Å². The first kappa shape index (κ1) is 9.45. The van der Waals surface area contributed by atoms with Gasteiger partial charge in [0.2, 0.25) is 5.91 Å². The standard InChI is InChI=1S/C10H12N2O/c1-2-10(13)12-8-5-9-3-6-11-7-4-9/h2-4,6-7H,1,5,8H2,(H,12,13). The summed E-state index contributed by atoms with van der Waals surface area (Å²) in [5.41, 5.74) is 1.17. The van der Waals surface area contributed by atoms with E-state index in [1.165, 1.54) is 11.6 Å². The van der Waals surface area contributed by atoms with Crippen LogP contribution in [0.3, 0.4) is 0 Å². The van der Waals surface area contributed by atoms with Crippen molar-refractivity contribution in [2.75, 3.05) is 6.54 Å². The van der Waals surface area contributed by atoms with Crippen LogP contribution in [0.2, 0.25) is 0 Å². The molecule has 0 aromatic carbocycles. The van der Waals surface area contributed by atoms with Gasteiger partial charge >= 0.3 is 0 Å². The van der Waals surface area contributed by atoms with Gasteiger partial charge in [0.05, 0.1) is 0 Å². The normalized spacial score (nSPS) is 9.23. The lowest BCUT2D eigenvalue weighted by Crippen LogP contribution is -2.23. The van der Waals surface area contributed by atoms with Gasteiger partial charge in [-0.15, -0.1) is 0 Å². The van der Waals surface area contributed by atoms with Gasteiger partial charge in [-0.3, -0.25) is 9.78 Å². The van der Waals surface area contributed by atoms with Crippen LogP contribution in [-0.4, -0.2) is 17.4 Å². The summed E-state index contributed by atoms with van der Waals surface area (Å²) in [6.45, 7) is 4.00. The fourth-order valence-corrected chi connectivity index (χ4v) is 0.952. The Morgan fingerprint density at radius 2 is 2.23 bits per heavy atom. The third kappa shape index (κ3) is 3.51. The van der Waals surface area contributed by atoms with Crippen molar-refractivity contribution in [1.82, 2.24) is 10.3 Å². The monoisotopic (exact) mass is 176 g/mol. The zero-order chi connectivity index (χ0) is 9.52. The minimum absolute atomic E-state index is 0.131. The van der Waals surface area contributed by atoms with Crippen LogP contribution in [-0.2, 0) is 11.2 Å². The highest BCUT2D eigenvalue weighted by atomic mass is 16.1. The molecule has 1 heterocycles. The highest BCUT2D eigenvalue weighted by molar-refractivity contribution is 5.86. The molecule has 0 aliphatic rings. The van der Waals surface area contributed by atoms with Gasteiger partial charge in [-0.1, -0.05) is 6.58 Å². The first-order chi connectivity index (χ1) is 6.33. The number of nitrogens with one attached hydrogen (secondary N) is 1. The molecule has 1 rings (SSSR count). The van der Waals surface area contributed by atoms with Crippen LogP contribution in [0.5, 0.6) is 0 Å². The first-order valence-electron chi connectivity index (χ1n) is 4.12. The van der Waals surface area contributed by atoms with E-state index in [1.807, 2.05) is 12.1 Å². The van der Waals surface area contributed by atoms with Gasteiger partial charge in [-0.2, -0.15) is 0 Å². The average molecular weight is 176 g/mol. The van der Waals surface area contributed by atoms with Gasteiger partial charge in [0, 0.05) is 18.9 Å². The van der Waals surface area contributed by atoms with Gasteiger partial charge in [-0.25, -0.2) is 0 Å². The Kier molecular flexibility index (Phi) is 3.70. The molecule has 0 saturated heterocycles. The molecular weight excluding hydrogens is 164 g/mol. The Morgan fingerprint density at radius 3 is 2.85 bits per heavy atom. The lowest BCUT2D eigenvalue weighted by atomic mass is 10.2. The minimum Gasteiger partial charge on any atom is -0.352 e. The SMILES string of the molecule is C=CC(=O)NCCc1ccncc1. The summed E-state index contributed by atoms with van der Waals surface area (Å²) in [6.07, 6.45) is 5.57. The Morgan fingerprint density at radius 1 is 1.54 bits per heavy atom. The number of hydrogen-bond donors (Lipinski definition) is 1. The van der Waals surface area contributed by atoms with Gasteiger partial charge in [0.15, 0.2) is 0 Å². The van der Waals surface area contributed by atoms with E-state index in [0.29, 0.717) is 6.54 Å². The smallest absolute Gasteiger partial charge is 0.243 e. The van der Waals surface area contributed by atoms with Crippen LogP contribution in [0.1, 0.15) is 5.56 Å². The molecular formula is C10H12N2O. The van der Waals surface area contributed by atoms with Crippen molar-refractivity contribution in [1.29, 1.82) is 0 Å². The summed E-state index contributed by atoms with van der Waals surface area (Å²) in [4.78, 5) is 14.7. The number of carbonyl (C=O) groups is 1. The Hall–Kier alpha value is -1.64. The number of amides is 1. The Balaban J connectivity index is 2.28. The van der Waals surface area contributed by atoms with Gasteiger partial charge < -0.3 is 5.32 Å². The van der Waals surface area contributed by atoms with E-state index in [-0.39, 0.29) is 5.91 Å². The van der Waals surface area contributed by atoms with Crippen molar-refractivity contribution < 1.29 is 4.79 Å². The minimum atomic E-state index is -0.131. The van der Waals surface area contributed by atoms with Crippen LogP contribution in [0.15, 0.2) is 37.2 Å². The van der Waals surface area contributed by atoms with Crippen LogP contribution in [0, 0.1) is 0 Å². The predicted octanol–water partition coefficient (Wildman–Crippen LogP) is 0.926. The van der Waals surface area contributed by atoms with E-state index in [9.17, 15) is 4.79 Å². The molecule has 0 spiro atoms. The summed E-state index contributed by atoms with van der Waals surface area (Å²) < 4.78 is 0. The molecule has 1 aromatic heterocycles. The topological polar surface area (TPSA) is 42.0 Å². The van der Waals surface area contributed by atoms with E-state index in [0.717, 1.165) is 6.42 Å². The number of aromatic nitrogens is 1. The zero-order valence-corrected chi connectivity index (χ0v) is 7.36. The lowest BCUT2D eigenvalue weighted by molar-refractivity contribution is -0.116. The number of carbonyl (C=O) groups excluding carboxylic acids is 1. The fourth-order valence-electron chi connectivity index (χ4n) is 0.952. The molecule has 0 saturated carbocycles. The predicted molar refractivity (Wildman–Crippen MR) is 51.1 cm³/mol. The lowest BCUT2D eigenvalue weighted by Gasteiger charge is -2.01. The number of nitrogens with zero attached hydrogens (tertiary/aromatic N) is 1. The maximum Gasteiger partial charge on any atom is 0.243 e. The second-order valence-electron chi connectivity index (χ2n) is 2.60. The summed E-state index contributed by atoms with van der Waals surface area (Å²) in [5, 5.41) is 2.70. The number of hydrogen-bond acceptors (Lipinski definition) is 2. The van der Waals surface area contributed by atoms with Crippen LogP contribution in [0.4, 0.5) is 0 Å². The highest BCUT2D eigenvalue weighted by Gasteiger charge is 1.93. The van der Waals surface area contributed by atoms with Gasteiger partial charge in [-0.05, 0) is 30.2 Å². The van der Waals surface area contributed by atoms with Crippen molar-refractivity contribution in [3.63, 3.8) is 0 Å². The largest absolute Gasteiger partial charge is 0.352 e. The molecule has 1 N–H and O–H groups in total. The molecule has 0 atom stereocenters. The first-order valence-corrected chi connectivity index (χ1v) is 4.12. The number of rotatable bonds is 4. The third-order valence-corrected chi connectivity index (χ3v) is 1.65. The van der Waals surface area contributed by atoms with E-state index in [4.69, 9.17) is 0 Å². The zero-order valence-electron chi connectivity index (χ0n) is 7.36. The average Bonchev–Trinajstić information content (AvgIpc) is 2.19. The molecule has 0 aliphatic heterocycles. The van der Waals surface area contributed by atoms with Crippen molar-refractivity contribution in [3.05, 3.63) is 42.7 Å². The molecule has 13 heavy (non-hydrogen) atoms. The maximum absolute atomic E-state index is 10.8. The van der Waals surface area contributed by atoms with Crippen molar-refractivity contribution in [3.8, 4) is 0 Å². The molecule has 0 unspecified atom stereocenters. The van der Waals surface area contributed by atoms with Crippen molar-refractivity contribution >= 4 is 5.91 Å². The maximum atomic E-state index is 10.8. The molecule has 0 aliphatic carbocycles. The van der Waals surface area contributed by atoms with E-state index in [2.05, 4.69) is 16.9 Å². The van der Waals surface area contributed by atoms with Crippen LogP contribution >= 0.6 is 0 Å².